The highest BCUT2D eigenvalue weighted by molar-refractivity contribution is 5.85. The van der Waals surface area contributed by atoms with Gasteiger partial charge >= 0.3 is 6.09 Å². The van der Waals surface area contributed by atoms with E-state index < -0.39 is 5.60 Å². The van der Waals surface area contributed by atoms with Crippen LogP contribution in [0.4, 0.5) is 4.79 Å². The lowest BCUT2D eigenvalue weighted by Crippen LogP contribution is -2.47. The van der Waals surface area contributed by atoms with Gasteiger partial charge in [-0.2, -0.15) is 0 Å². The van der Waals surface area contributed by atoms with Crippen LogP contribution in [0.5, 0.6) is 0 Å². The molecule has 1 saturated carbocycles. The van der Waals surface area contributed by atoms with Gasteiger partial charge in [-0.25, -0.2) is 4.79 Å². The maximum absolute atomic E-state index is 11.8. The van der Waals surface area contributed by atoms with E-state index in [-0.39, 0.29) is 30.0 Å². The number of amides is 1. The minimum Gasteiger partial charge on any atom is -0.444 e. The molecule has 2 rings (SSSR count). The molecule has 2 atom stereocenters. The molecular formula is C13H25ClN2O2. The van der Waals surface area contributed by atoms with Gasteiger partial charge in [-0.15, -0.1) is 12.4 Å². The van der Waals surface area contributed by atoms with Gasteiger partial charge < -0.3 is 15.4 Å². The average molecular weight is 277 g/mol. The second kappa shape index (κ2) is 5.66. The second-order valence-corrected chi connectivity index (χ2v) is 6.38. The SMILES string of the molecule is CC(C)(C)OC(=O)NC1CCCC12CCNC2.Cl. The molecule has 1 heterocycles. The van der Waals surface area contributed by atoms with E-state index in [0.717, 1.165) is 19.5 Å². The molecule has 0 bridgehead atoms. The van der Waals surface area contributed by atoms with Gasteiger partial charge in [0.05, 0.1) is 0 Å². The van der Waals surface area contributed by atoms with Gasteiger partial charge in [0.15, 0.2) is 0 Å². The molecule has 5 heteroatoms. The number of hydrogen-bond acceptors (Lipinski definition) is 3. The highest BCUT2D eigenvalue weighted by Crippen LogP contribution is 2.42. The molecule has 0 aromatic heterocycles. The number of rotatable bonds is 1. The van der Waals surface area contributed by atoms with Crippen molar-refractivity contribution in [2.45, 2.75) is 58.1 Å². The molecule has 0 aromatic carbocycles. The summed E-state index contributed by atoms with van der Waals surface area (Å²) in [6, 6.07) is 0.285. The van der Waals surface area contributed by atoms with Crippen LogP contribution in [-0.4, -0.2) is 30.8 Å². The number of hydrogen-bond donors (Lipinski definition) is 2. The lowest BCUT2D eigenvalue weighted by atomic mass is 9.82. The van der Waals surface area contributed by atoms with E-state index in [1.54, 1.807) is 0 Å². The smallest absolute Gasteiger partial charge is 0.407 e. The zero-order chi connectivity index (χ0) is 12.5. The normalized spacial score (nSPS) is 31.2. The Morgan fingerprint density at radius 3 is 2.67 bits per heavy atom. The van der Waals surface area contributed by atoms with Crippen molar-refractivity contribution in [2.75, 3.05) is 13.1 Å². The summed E-state index contributed by atoms with van der Waals surface area (Å²) >= 11 is 0. The van der Waals surface area contributed by atoms with E-state index in [2.05, 4.69) is 10.6 Å². The Morgan fingerprint density at radius 2 is 2.11 bits per heavy atom. The van der Waals surface area contributed by atoms with Gasteiger partial charge in [0.2, 0.25) is 0 Å². The second-order valence-electron chi connectivity index (χ2n) is 6.38. The third-order valence-corrected chi connectivity index (χ3v) is 3.87. The third kappa shape index (κ3) is 3.51. The van der Waals surface area contributed by atoms with Gasteiger partial charge in [-0.05, 0) is 46.6 Å². The monoisotopic (exact) mass is 276 g/mol. The Labute approximate surface area is 116 Å². The number of alkyl carbamates (subject to hydrolysis) is 1. The summed E-state index contributed by atoms with van der Waals surface area (Å²) < 4.78 is 5.33. The average Bonchev–Trinajstić information content (AvgIpc) is 2.76. The van der Waals surface area contributed by atoms with Crippen LogP contribution >= 0.6 is 12.4 Å². The minimum atomic E-state index is -0.413. The van der Waals surface area contributed by atoms with Gasteiger partial charge in [-0.1, -0.05) is 6.42 Å². The Balaban J connectivity index is 0.00000162. The van der Waals surface area contributed by atoms with E-state index in [1.807, 2.05) is 20.8 Å². The fourth-order valence-corrected chi connectivity index (χ4v) is 3.09. The van der Waals surface area contributed by atoms with Crippen molar-refractivity contribution in [3.05, 3.63) is 0 Å². The molecule has 1 saturated heterocycles. The van der Waals surface area contributed by atoms with Crippen LogP contribution in [0.2, 0.25) is 0 Å². The van der Waals surface area contributed by atoms with Crippen LogP contribution in [0.25, 0.3) is 0 Å². The number of carbonyl (C=O) groups excluding carboxylic acids is 1. The molecule has 2 fully saturated rings. The zero-order valence-electron chi connectivity index (χ0n) is 11.5. The highest BCUT2D eigenvalue weighted by Gasteiger charge is 2.45. The molecule has 4 nitrogen and oxygen atoms in total. The van der Waals surface area contributed by atoms with Gasteiger partial charge in [0.1, 0.15) is 5.60 Å². The molecule has 1 aliphatic heterocycles. The van der Waals surface area contributed by atoms with Crippen molar-refractivity contribution in [3.63, 3.8) is 0 Å². The standard InChI is InChI=1S/C13H24N2O2.ClH/c1-12(2,3)17-11(16)15-10-5-4-6-13(10)7-8-14-9-13;/h10,14H,4-9H2,1-3H3,(H,15,16);1H. The molecule has 1 amide bonds. The van der Waals surface area contributed by atoms with Crippen LogP contribution in [0, 0.1) is 5.41 Å². The van der Waals surface area contributed by atoms with Gasteiger partial charge in [0, 0.05) is 18.0 Å². The molecule has 0 radical (unpaired) electrons. The number of ether oxygens (including phenoxy) is 1. The van der Waals surface area contributed by atoms with Gasteiger partial charge in [-0.3, -0.25) is 0 Å². The van der Waals surface area contributed by atoms with Crippen molar-refractivity contribution in [1.29, 1.82) is 0 Å². The molecule has 18 heavy (non-hydrogen) atoms. The van der Waals surface area contributed by atoms with Crippen molar-refractivity contribution in [2.24, 2.45) is 5.41 Å². The van der Waals surface area contributed by atoms with Crippen LogP contribution in [-0.2, 0) is 4.74 Å². The largest absolute Gasteiger partial charge is 0.444 e. The Kier molecular flexibility index (Phi) is 4.90. The first-order chi connectivity index (χ1) is 7.91. The van der Waals surface area contributed by atoms with E-state index in [4.69, 9.17) is 4.74 Å². The van der Waals surface area contributed by atoms with Crippen molar-refractivity contribution in [1.82, 2.24) is 10.6 Å². The van der Waals surface area contributed by atoms with Crippen LogP contribution in [0.1, 0.15) is 46.5 Å². The van der Waals surface area contributed by atoms with Crippen LogP contribution in [0.15, 0.2) is 0 Å². The topological polar surface area (TPSA) is 50.4 Å². The molecule has 106 valence electrons. The Hall–Kier alpha value is -0.480. The van der Waals surface area contributed by atoms with Crippen LogP contribution in [0.3, 0.4) is 0 Å². The van der Waals surface area contributed by atoms with Gasteiger partial charge in [0.25, 0.3) is 0 Å². The van der Waals surface area contributed by atoms with Crippen LogP contribution < -0.4 is 10.6 Å². The van der Waals surface area contributed by atoms with E-state index in [9.17, 15) is 4.79 Å². The summed E-state index contributed by atoms with van der Waals surface area (Å²) in [7, 11) is 0. The minimum absolute atomic E-state index is 0. The molecule has 1 spiro atoms. The molecular weight excluding hydrogens is 252 g/mol. The molecule has 2 unspecified atom stereocenters. The Bertz CT molecular complexity index is 290. The fourth-order valence-electron chi connectivity index (χ4n) is 3.09. The fraction of sp³-hybridized carbons (Fsp3) is 0.923. The summed E-state index contributed by atoms with van der Waals surface area (Å²) in [5.74, 6) is 0. The number of carbonyl (C=O) groups is 1. The summed E-state index contributed by atoms with van der Waals surface area (Å²) in [5.41, 5.74) is -0.124. The summed E-state index contributed by atoms with van der Waals surface area (Å²) in [5, 5.41) is 6.48. The first kappa shape index (κ1) is 15.6. The molecule has 2 aliphatic rings. The first-order valence-corrected chi connectivity index (χ1v) is 6.62. The van der Waals surface area contributed by atoms with E-state index in [1.165, 1.54) is 19.3 Å². The van der Waals surface area contributed by atoms with Crippen molar-refractivity contribution >= 4 is 18.5 Å². The molecule has 0 aromatic rings. The third-order valence-electron chi connectivity index (χ3n) is 3.87. The predicted molar refractivity (Wildman–Crippen MR) is 74.2 cm³/mol. The number of nitrogens with one attached hydrogen (secondary N) is 2. The predicted octanol–water partition coefficient (Wildman–Crippen LogP) is 2.47. The van der Waals surface area contributed by atoms with Crippen molar-refractivity contribution < 1.29 is 9.53 Å². The summed E-state index contributed by atoms with van der Waals surface area (Å²) in [4.78, 5) is 11.8. The highest BCUT2D eigenvalue weighted by atomic mass is 35.5. The molecule has 1 aliphatic carbocycles. The van der Waals surface area contributed by atoms with E-state index in [0.29, 0.717) is 0 Å². The first-order valence-electron chi connectivity index (χ1n) is 6.62. The van der Waals surface area contributed by atoms with E-state index >= 15 is 0 Å². The quantitative estimate of drug-likeness (QED) is 0.774. The lowest BCUT2D eigenvalue weighted by Gasteiger charge is -2.31. The number of halogens is 1. The Morgan fingerprint density at radius 1 is 1.39 bits per heavy atom. The maximum Gasteiger partial charge on any atom is 0.407 e. The summed E-state index contributed by atoms with van der Waals surface area (Å²) in [6.07, 6.45) is 4.42. The molecule has 2 N–H and O–H groups in total. The lowest BCUT2D eigenvalue weighted by molar-refractivity contribution is 0.0467. The zero-order valence-corrected chi connectivity index (χ0v) is 12.4. The summed E-state index contributed by atoms with van der Waals surface area (Å²) in [6.45, 7) is 7.80. The maximum atomic E-state index is 11.8. The van der Waals surface area contributed by atoms with Crippen molar-refractivity contribution in [3.8, 4) is 0 Å².